The molecular weight excluding hydrogens is 242 g/mol. The van der Waals surface area contributed by atoms with E-state index in [9.17, 15) is 9.90 Å². The number of aromatic amines is 1. The van der Waals surface area contributed by atoms with Gasteiger partial charge in [0, 0.05) is 6.42 Å². The maximum atomic E-state index is 11.4. The van der Waals surface area contributed by atoms with Crippen LogP contribution in [0.25, 0.3) is 11.2 Å². The van der Waals surface area contributed by atoms with Crippen molar-refractivity contribution in [2.75, 3.05) is 6.61 Å². The van der Waals surface area contributed by atoms with Crippen molar-refractivity contribution in [3.05, 3.63) is 16.7 Å². The van der Waals surface area contributed by atoms with Crippen LogP contribution in [-0.4, -0.2) is 54.0 Å². The molecule has 9 heteroatoms. The van der Waals surface area contributed by atoms with Crippen LogP contribution >= 0.6 is 0 Å². The lowest BCUT2D eigenvalue weighted by Gasteiger charge is -2.12. The van der Waals surface area contributed by atoms with Gasteiger partial charge in [0.1, 0.15) is 12.3 Å². The fraction of sp³-hybridized carbons (Fsp3) is 0.556. The second-order valence-electron chi connectivity index (χ2n) is 4.08. The first-order valence-corrected chi connectivity index (χ1v) is 5.43. The Balaban J connectivity index is 2.01. The average molecular weight is 253 g/mol. The summed E-state index contributed by atoms with van der Waals surface area (Å²) >= 11 is 0. The van der Waals surface area contributed by atoms with Gasteiger partial charge in [0.15, 0.2) is 11.2 Å². The quantitative estimate of drug-likeness (QED) is 0.573. The predicted molar refractivity (Wildman–Crippen MR) is 57.6 cm³/mol. The van der Waals surface area contributed by atoms with Gasteiger partial charge in [-0.3, -0.25) is 9.36 Å². The van der Waals surface area contributed by atoms with Crippen LogP contribution in [0.5, 0.6) is 0 Å². The molecule has 0 radical (unpaired) electrons. The molecule has 1 fully saturated rings. The Morgan fingerprint density at radius 2 is 2.44 bits per heavy atom. The molecule has 18 heavy (non-hydrogen) atoms. The fourth-order valence-corrected chi connectivity index (χ4v) is 2.05. The Labute approximate surface area is 100 Å². The van der Waals surface area contributed by atoms with Crippen molar-refractivity contribution in [2.24, 2.45) is 0 Å². The van der Waals surface area contributed by atoms with E-state index >= 15 is 0 Å². The van der Waals surface area contributed by atoms with Gasteiger partial charge in [0.05, 0.1) is 19.0 Å². The molecule has 3 N–H and O–H groups in total. The number of hydrogen-bond donors (Lipinski definition) is 3. The highest BCUT2D eigenvalue weighted by atomic mass is 16.5. The van der Waals surface area contributed by atoms with Gasteiger partial charge in [-0.1, -0.05) is 5.21 Å². The Kier molecular flexibility index (Phi) is 2.58. The van der Waals surface area contributed by atoms with Gasteiger partial charge < -0.3 is 14.9 Å². The molecule has 0 spiro atoms. The Morgan fingerprint density at radius 3 is 3.17 bits per heavy atom. The van der Waals surface area contributed by atoms with Crippen LogP contribution in [0.2, 0.25) is 0 Å². The van der Waals surface area contributed by atoms with E-state index in [-0.39, 0.29) is 17.8 Å². The smallest absolute Gasteiger partial charge is 0.295 e. The summed E-state index contributed by atoms with van der Waals surface area (Å²) < 4.78 is 6.98. The summed E-state index contributed by atoms with van der Waals surface area (Å²) in [5, 5.41) is 28.1. The zero-order valence-electron chi connectivity index (χ0n) is 9.22. The standard InChI is InChI=1S/C9H11N5O4/c15-2-5-4(16)1-6(18-5)14-3-10-7-8(14)11-13-12-9(7)17/h3-6,15-16H,1-2H2,(H,11,12,17)/t4-,5+,6-/m0/s1. The first-order valence-electron chi connectivity index (χ1n) is 5.43. The second kappa shape index (κ2) is 4.12. The average Bonchev–Trinajstić information content (AvgIpc) is 2.93. The number of aliphatic hydroxyl groups excluding tert-OH is 2. The third-order valence-corrected chi connectivity index (χ3v) is 2.97. The number of imidazole rings is 1. The third kappa shape index (κ3) is 1.60. The van der Waals surface area contributed by atoms with E-state index in [0.717, 1.165) is 0 Å². The minimum Gasteiger partial charge on any atom is -0.394 e. The van der Waals surface area contributed by atoms with E-state index in [4.69, 9.17) is 9.84 Å². The number of aliphatic hydroxyl groups is 2. The molecule has 0 aromatic carbocycles. The van der Waals surface area contributed by atoms with E-state index in [2.05, 4.69) is 20.4 Å². The van der Waals surface area contributed by atoms with Crippen molar-refractivity contribution in [3.8, 4) is 0 Å². The summed E-state index contributed by atoms with van der Waals surface area (Å²) in [5.74, 6) is 0. The lowest BCUT2D eigenvalue weighted by molar-refractivity contribution is -0.0432. The molecule has 9 nitrogen and oxygen atoms in total. The van der Waals surface area contributed by atoms with Gasteiger partial charge in [-0.15, -0.1) is 5.10 Å². The number of aromatic nitrogens is 5. The molecule has 2 aromatic heterocycles. The van der Waals surface area contributed by atoms with Crippen LogP contribution in [0, 0.1) is 0 Å². The SMILES string of the molecule is O=c1[nH]nnc2c1ncn2[C@@H]1C[C@H](O)[C@@H](CO)O1. The van der Waals surface area contributed by atoms with E-state index in [1.807, 2.05) is 0 Å². The summed E-state index contributed by atoms with van der Waals surface area (Å²) in [5.41, 5.74) is 0.0149. The molecule has 1 aliphatic heterocycles. The third-order valence-electron chi connectivity index (χ3n) is 2.97. The second-order valence-corrected chi connectivity index (χ2v) is 4.08. The van der Waals surface area contributed by atoms with Gasteiger partial charge >= 0.3 is 0 Å². The van der Waals surface area contributed by atoms with Gasteiger partial charge in [-0.25, -0.2) is 10.1 Å². The number of nitrogens with zero attached hydrogens (tertiary/aromatic N) is 4. The number of fused-ring (bicyclic) bond motifs is 1. The van der Waals surface area contributed by atoms with Crippen LogP contribution in [0.15, 0.2) is 11.1 Å². The molecule has 0 unspecified atom stereocenters. The van der Waals surface area contributed by atoms with Crippen molar-refractivity contribution in [1.82, 2.24) is 25.0 Å². The number of rotatable bonds is 2. The number of hydrogen-bond acceptors (Lipinski definition) is 7. The lowest BCUT2D eigenvalue weighted by Crippen LogP contribution is -2.24. The molecule has 2 aromatic rings. The molecule has 1 aliphatic rings. The summed E-state index contributed by atoms with van der Waals surface area (Å²) in [6.07, 6.45) is -0.204. The highest BCUT2D eigenvalue weighted by Crippen LogP contribution is 2.29. The highest BCUT2D eigenvalue weighted by Gasteiger charge is 2.35. The van der Waals surface area contributed by atoms with Crippen LogP contribution in [0.4, 0.5) is 0 Å². The van der Waals surface area contributed by atoms with Crippen LogP contribution in [0.3, 0.4) is 0 Å². The Morgan fingerprint density at radius 1 is 1.61 bits per heavy atom. The Hall–Kier alpha value is -1.84. The zero-order valence-corrected chi connectivity index (χ0v) is 9.22. The lowest BCUT2D eigenvalue weighted by atomic mass is 10.2. The molecule has 0 aliphatic carbocycles. The van der Waals surface area contributed by atoms with Gasteiger partial charge in [0.25, 0.3) is 5.56 Å². The molecule has 3 heterocycles. The van der Waals surface area contributed by atoms with Crippen LogP contribution < -0.4 is 5.56 Å². The van der Waals surface area contributed by atoms with Gasteiger partial charge in [-0.2, -0.15) is 0 Å². The van der Waals surface area contributed by atoms with Crippen molar-refractivity contribution in [3.63, 3.8) is 0 Å². The molecule has 0 bridgehead atoms. The first kappa shape index (κ1) is 11.3. The molecule has 3 atom stereocenters. The van der Waals surface area contributed by atoms with E-state index in [1.54, 1.807) is 0 Å². The summed E-state index contributed by atoms with van der Waals surface area (Å²) in [4.78, 5) is 15.4. The van der Waals surface area contributed by atoms with E-state index in [1.165, 1.54) is 10.9 Å². The fourth-order valence-electron chi connectivity index (χ4n) is 2.05. The normalized spacial score (nSPS) is 28.0. The van der Waals surface area contributed by atoms with Crippen molar-refractivity contribution >= 4 is 11.2 Å². The maximum absolute atomic E-state index is 11.4. The van der Waals surface area contributed by atoms with Gasteiger partial charge in [0.2, 0.25) is 0 Å². The largest absolute Gasteiger partial charge is 0.394 e. The van der Waals surface area contributed by atoms with Crippen LogP contribution in [0.1, 0.15) is 12.6 Å². The number of H-pyrrole nitrogens is 1. The van der Waals surface area contributed by atoms with Crippen molar-refractivity contribution in [1.29, 1.82) is 0 Å². The Bertz CT molecular complexity index is 623. The maximum Gasteiger partial charge on any atom is 0.295 e. The zero-order chi connectivity index (χ0) is 12.7. The van der Waals surface area contributed by atoms with Gasteiger partial charge in [-0.05, 0) is 0 Å². The highest BCUT2D eigenvalue weighted by molar-refractivity contribution is 5.68. The minimum atomic E-state index is -0.757. The number of ether oxygens (including phenoxy) is 1. The minimum absolute atomic E-state index is 0.163. The topological polar surface area (TPSA) is 126 Å². The molecule has 0 saturated carbocycles. The van der Waals surface area contributed by atoms with E-state index in [0.29, 0.717) is 6.42 Å². The predicted octanol–water partition coefficient (Wildman–Crippen LogP) is -1.84. The van der Waals surface area contributed by atoms with Crippen molar-refractivity contribution < 1.29 is 14.9 Å². The molecule has 96 valence electrons. The van der Waals surface area contributed by atoms with Crippen LogP contribution in [-0.2, 0) is 4.74 Å². The molecule has 3 rings (SSSR count). The monoisotopic (exact) mass is 253 g/mol. The molecule has 0 amide bonds. The first-order chi connectivity index (χ1) is 8.70. The molecular formula is C9H11N5O4. The molecule has 1 saturated heterocycles. The summed E-state index contributed by atoms with van der Waals surface area (Å²) in [6, 6.07) is 0. The summed E-state index contributed by atoms with van der Waals surface area (Å²) in [7, 11) is 0. The van der Waals surface area contributed by atoms with Crippen molar-refractivity contribution in [2.45, 2.75) is 24.9 Å². The summed E-state index contributed by atoms with van der Waals surface area (Å²) in [6.45, 7) is -0.267. The number of nitrogens with one attached hydrogen (secondary N) is 1. The van der Waals surface area contributed by atoms with E-state index < -0.39 is 24.0 Å².